The van der Waals surface area contributed by atoms with Crippen LogP contribution in [0.4, 0.5) is 13.2 Å². The fourth-order valence-electron chi connectivity index (χ4n) is 5.17. The van der Waals surface area contributed by atoms with Crippen molar-refractivity contribution in [3.63, 3.8) is 0 Å². The van der Waals surface area contributed by atoms with E-state index in [1.54, 1.807) is 30.3 Å². The highest BCUT2D eigenvalue weighted by Gasteiger charge is 2.22. The molecule has 0 aliphatic heterocycles. The molecule has 1 saturated carbocycles. The Morgan fingerprint density at radius 3 is 2.11 bits per heavy atom. The lowest BCUT2D eigenvalue weighted by Gasteiger charge is -2.27. The van der Waals surface area contributed by atoms with Crippen LogP contribution in [0.5, 0.6) is 5.75 Å². The monoisotopic (exact) mass is 492 g/mol. The topological polar surface area (TPSA) is 9.23 Å². The smallest absolute Gasteiger partial charge is 0.201 e. The van der Waals surface area contributed by atoms with Gasteiger partial charge >= 0.3 is 0 Å². The summed E-state index contributed by atoms with van der Waals surface area (Å²) in [6, 6.07) is 15.4. The van der Waals surface area contributed by atoms with Crippen LogP contribution >= 0.6 is 0 Å². The van der Waals surface area contributed by atoms with Crippen molar-refractivity contribution in [2.75, 3.05) is 6.61 Å². The van der Waals surface area contributed by atoms with Crippen LogP contribution in [0.2, 0.25) is 0 Å². The van der Waals surface area contributed by atoms with E-state index >= 15 is 4.39 Å². The van der Waals surface area contributed by atoms with Gasteiger partial charge in [-0.25, -0.2) is 8.78 Å². The fraction of sp³-hybridized carbons (Fsp3) is 0.375. The molecule has 0 saturated heterocycles. The minimum atomic E-state index is -0.977. The van der Waals surface area contributed by atoms with Crippen molar-refractivity contribution in [2.45, 2.75) is 64.7 Å². The summed E-state index contributed by atoms with van der Waals surface area (Å²) in [7, 11) is 0. The number of benzene rings is 3. The second-order valence-electron chi connectivity index (χ2n) is 9.75. The molecule has 1 aliphatic carbocycles. The minimum absolute atomic E-state index is 0.0681. The predicted molar refractivity (Wildman–Crippen MR) is 142 cm³/mol. The van der Waals surface area contributed by atoms with E-state index in [1.165, 1.54) is 12.1 Å². The Morgan fingerprint density at radius 1 is 0.806 bits per heavy atom. The summed E-state index contributed by atoms with van der Waals surface area (Å²) in [5.74, 6) is -1.19. The normalized spacial score (nSPS) is 18.0. The molecule has 0 aromatic heterocycles. The van der Waals surface area contributed by atoms with Crippen LogP contribution in [-0.4, -0.2) is 6.61 Å². The molecule has 1 fully saturated rings. The van der Waals surface area contributed by atoms with E-state index in [0.29, 0.717) is 35.1 Å². The van der Waals surface area contributed by atoms with Crippen molar-refractivity contribution < 1.29 is 17.9 Å². The van der Waals surface area contributed by atoms with E-state index in [4.69, 9.17) is 4.74 Å². The number of allylic oxidation sites excluding steroid dienone is 2. The molecule has 0 bridgehead atoms. The molecule has 4 rings (SSSR count). The number of ether oxygens (including phenoxy) is 1. The van der Waals surface area contributed by atoms with Crippen molar-refractivity contribution in [2.24, 2.45) is 5.92 Å². The van der Waals surface area contributed by atoms with Gasteiger partial charge in [-0.1, -0.05) is 68.3 Å². The Balaban J connectivity index is 1.46. The molecule has 190 valence electrons. The molecular weight excluding hydrogens is 457 g/mol. The quantitative estimate of drug-likeness (QED) is 0.213. The summed E-state index contributed by atoms with van der Waals surface area (Å²) in [5, 5.41) is 0. The van der Waals surface area contributed by atoms with E-state index in [1.807, 2.05) is 12.1 Å². The lowest BCUT2D eigenvalue weighted by Crippen LogP contribution is -2.12. The van der Waals surface area contributed by atoms with Crippen molar-refractivity contribution in [1.82, 2.24) is 0 Å². The van der Waals surface area contributed by atoms with Gasteiger partial charge in [0.2, 0.25) is 5.82 Å². The number of unbranched alkanes of at least 4 members (excludes halogenated alkanes) is 2. The van der Waals surface area contributed by atoms with Gasteiger partial charge in [-0.05, 0) is 85.8 Å². The van der Waals surface area contributed by atoms with Gasteiger partial charge in [0.15, 0.2) is 11.6 Å². The average molecular weight is 493 g/mol. The SMILES string of the molecule is CC=CC1CCC(c2ccc(-c3ccc(-c4ccc(OCCCCC)c(F)c4F)cc3)c(F)c2)CC1. The molecule has 1 nitrogen and oxygen atoms in total. The van der Waals surface area contributed by atoms with E-state index in [2.05, 4.69) is 26.0 Å². The van der Waals surface area contributed by atoms with Crippen LogP contribution in [0.1, 0.15) is 70.3 Å². The highest BCUT2D eigenvalue weighted by molar-refractivity contribution is 5.71. The third-order valence-corrected chi connectivity index (χ3v) is 7.26. The summed E-state index contributed by atoms with van der Waals surface area (Å²) in [6.07, 6.45) is 11.6. The number of hydrogen-bond acceptors (Lipinski definition) is 1. The summed E-state index contributed by atoms with van der Waals surface area (Å²) in [4.78, 5) is 0. The van der Waals surface area contributed by atoms with Gasteiger partial charge in [0.25, 0.3) is 0 Å². The first-order chi connectivity index (χ1) is 17.5. The van der Waals surface area contributed by atoms with Gasteiger partial charge in [-0.3, -0.25) is 0 Å². The number of halogens is 3. The van der Waals surface area contributed by atoms with E-state index in [-0.39, 0.29) is 17.1 Å². The van der Waals surface area contributed by atoms with Gasteiger partial charge in [0.05, 0.1) is 6.61 Å². The number of hydrogen-bond donors (Lipinski definition) is 0. The van der Waals surface area contributed by atoms with Crippen LogP contribution in [0.15, 0.2) is 66.7 Å². The van der Waals surface area contributed by atoms with Gasteiger partial charge in [-0.15, -0.1) is 0 Å². The number of rotatable bonds is 9. The Bertz CT molecular complexity index is 1170. The van der Waals surface area contributed by atoms with Crippen molar-refractivity contribution >= 4 is 0 Å². The predicted octanol–water partition coefficient (Wildman–Crippen LogP) is 9.86. The Hall–Kier alpha value is -3.01. The largest absolute Gasteiger partial charge is 0.490 e. The molecule has 36 heavy (non-hydrogen) atoms. The van der Waals surface area contributed by atoms with E-state index in [0.717, 1.165) is 50.5 Å². The van der Waals surface area contributed by atoms with Crippen LogP contribution in [-0.2, 0) is 0 Å². The molecule has 4 heteroatoms. The first kappa shape index (κ1) is 26.1. The van der Waals surface area contributed by atoms with Crippen LogP contribution in [0.3, 0.4) is 0 Å². The maximum atomic E-state index is 15.1. The standard InChI is InChI=1S/C32H35F3O/c1-3-5-6-20-36-30-19-18-28(31(34)32(30)35)25-14-12-24(13-15-25)27-17-16-26(21-29(27)33)23-10-8-22(7-4-2)9-11-23/h4,7,12-19,21-23H,3,5-6,8-11,20H2,1-2H3. The van der Waals surface area contributed by atoms with Gasteiger partial charge in [0.1, 0.15) is 5.82 Å². The second-order valence-corrected chi connectivity index (χ2v) is 9.75. The zero-order valence-electron chi connectivity index (χ0n) is 21.2. The maximum Gasteiger partial charge on any atom is 0.201 e. The maximum absolute atomic E-state index is 15.1. The molecule has 3 aromatic rings. The van der Waals surface area contributed by atoms with Crippen molar-refractivity contribution in [3.05, 3.63) is 89.8 Å². The summed E-state index contributed by atoms with van der Waals surface area (Å²) in [5.41, 5.74) is 2.96. The van der Waals surface area contributed by atoms with Gasteiger partial charge in [0, 0.05) is 11.1 Å². The molecule has 0 N–H and O–H groups in total. The highest BCUT2D eigenvalue weighted by Crippen LogP contribution is 2.38. The minimum Gasteiger partial charge on any atom is -0.490 e. The summed E-state index contributed by atoms with van der Waals surface area (Å²) < 4.78 is 49.8. The van der Waals surface area contributed by atoms with Gasteiger partial charge < -0.3 is 4.74 Å². The molecule has 0 amide bonds. The lowest BCUT2D eigenvalue weighted by atomic mass is 9.78. The highest BCUT2D eigenvalue weighted by atomic mass is 19.2. The summed E-state index contributed by atoms with van der Waals surface area (Å²) >= 11 is 0. The zero-order chi connectivity index (χ0) is 25.5. The second kappa shape index (κ2) is 12.3. The Kier molecular flexibility index (Phi) is 8.90. The summed E-state index contributed by atoms with van der Waals surface area (Å²) in [6.45, 7) is 4.49. The van der Waals surface area contributed by atoms with Crippen LogP contribution in [0.25, 0.3) is 22.3 Å². The average Bonchev–Trinajstić information content (AvgIpc) is 2.90. The first-order valence-electron chi connectivity index (χ1n) is 13.2. The zero-order valence-corrected chi connectivity index (χ0v) is 21.2. The molecule has 0 unspecified atom stereocenters. The lowest BCUT2D eigenvalue weighted by molar-refractivity contribution is 0.286. The molecule has 0 spiro atoms. The van der Waals surface area contributed by atoms with Crippen molar-refractivity contribution in [1.29, 1.82) is 0 Å². The molecular formula is C32H35F3O. The Labute approximate surface area is 213 Å². The molecule has 3 aromatic carbocycles. The van der Waals surface area contributed by atoms with Crippen LogP contribution < -0.4 is 4.74 Å². The van der Waals surface area contributed by atoms with E-state index < -0.39 is 11.6 Å². The fourth-order valence-corrected chi connectivity index (χ4v) is 5.17. The molecule has 0 atom stereocenters. The molecule has 0 heterocycles. The van der Waals surface area contributed by atoms with Gasteiger partial charge in [-0.2, -0.15) is 4.39 Å². The molecule has 1 aliphatic rings. The third-order valence-electron chi connectivity index (χ3n) is 7.26. The third kappa shape index (κ3) is 6.03. The van der Waals surface area contributed by atoms with Crippen molar-refractivity contribution in [3.8, 4) is 28.0 Å². The Morgan fingerprint density at radius 2 is 1.47 bits per heavy atom. The van der Waals surface area contributed by atoms with Crippen LogP contribution in [0, 0.1) is 23.4 Å². The van der Waals surface area contributed by atoms with E-state index in [9.17, 15) is 8.78 Å². The molecule has 0 radical (unpaired) electrons. The first-order valence-corrected chi connectivity index (χ1v) is 13.2.